The largest absolute Gasteiger partial charge is 0.389 e. The molecule has 19 heavy (non-hydrogen) atoms. The third-order valence-electron chi connectivity index (χ3n) is 3.11. The molecular weight excluding hydrogens is 302 g/mol. The summed E-state index contributed by atoms with van der Waals surface area (Å²) >= 11 is 3.49. The number of nitrogens with zero attached hydrogens (tertiary/aromatic N) is 1. The van der Waals surface area contributed by atoms with Crippen molar-refractivity contribution in [1.82, 2.24) is 0 Å². The molecule has 0 saturated carbocycles. The summed E-state index contributed by atoms with van der Waals surface area (Å²) in [6, 6.07) is 16.2. The topological polar surface area (TPSA) is 23.5 Å². The van der Waals surface area contributed by atoms with E-state index in [4.69, 9.17) is 0 Å². The van der Waals surface area contributed by atoms with Gasteiger partial charge in [0.15, 0.2) is 0 Å². The standard InChI is InChI=1S/C16H18BrNO/c1-12(19)15-8-3-4-9-16(15)18(2)11-13-6-5-7-14(17)10-13/h3-10,12,19H,11H2,1-2H3/t12-/m0/s1. The minimum atomic E-state index is -0.457. The fourth-order valence-corrected chi connectivity index (χ4v) is 2.63. The summed E-state index contributed by atoms with van der Waals surface area (Å²) in [5, 5.41) is 9.83. The Morgan fingerprint density at radius 2 is 1.89 bits per heavy atom. The van der Waals surface area contributed by atoms with Gasteiger partial charge in [-0.05, 0) is 30.7 Å². The predicted octanol–water partition coefficient (Wildman–Crippen LogP) is 4.14. The highest BCUT2D eigenvalue weighted by Gasteiger charge is 2.11. The van der Waals surface area contributed by atoms with Crippen molar-refractivity contribution >= 4 is 21.6 Å². The number of hydrogen-bond acceptors (Lipinski definition) is 2. The Balaban J connectivity index is 2.23. The molecule has 0 aliphatic carbocycles. The first-order valence-electron chi connectivity index (χ1n) is 6.30. The third-order valence-corrected chi connectivity index (χ3v) is 3.60. The van der Waals surface area contributed by atoms with Crippen LogP contribution in [0.3, 0.4) is 0 Å². The number of halogens is 1. The van der Waals surface area contributed by atoms with Gasteiger partial charge in [-0.3, -0.25) is 0 Å². The summed E-state index contributed by atoms with van der Waals surface area (Å²) in [6.45, 7) is 2.61. The van der Waals surface area contributed by atoms with Gasteiger partial charge in [-0.2, -0.15) is 0 Å². The molecule has 2 aromatic rings. The van der Waals surface area contributed by atoms with Crippen LogP contribution >= 0.6 is 15.9 Å². The zero-order chi connectivity index (χ0) is 13.8. The van der Waals surface area contributed by atoms with E-state index in [1.807, 2.05) is 43.4 Å². The molecule has 3 heteroatoms. The van der Waals surface area contributed by atoms with Crippen LogP contribution in [0.25, 0.3) is 0 Å². The predicted molar refractivity (Wildman–Crippen MR) is 83.3 cm³/mol. The van der Waals surface area contributed by atoms with Crippen molar-refractivity contribution in [3.8, 4) is 0 Å². The van der Waals surface area contributed by atoms with Gasteiger partial charge < -0.3 is 10.0 Å². The van der Waals surface area contributed by atoms with Gasteiger partial charge >= 0.3 is 0 Å². The molecule has 0 aliphatic rings. The van der Waals surface area contributed by atoms with E-state index >= 15 is 0 Å². The molecule has 0 bridgehead atoms. The van der Waals surface area contributed by atoms with Gasteiger partial charge in [-0.25, -0.2) is 0 Å². The van der Waals surface area contributed by atoms with E-state index in [1.54, 1.807) is 6.92 Å². The molecule has 0 radical (unpaired) electrons. The monoisotopic (exact) mass is 319 g/mol. The van der Waals surface area contributed by atoms with E-state index in [1.165, 1.54) is 5.56 Å². The number of hydrogen-bond donors (Lipinski definition) is 1. The average Bonchev–Trinajstić information content (AvgIpc) is 2.38. The smallest absolute Gasteiger partial charge is 0.0781 e. The zero-order valence-corrected chi connectivity index (χ0v) is 12.8. The summed E-state index contributed by atoms with van der Waals surface area (Å²) in [5.41, 5.74) is 3.26. The van der Waals surface area contributed by atoms with Crippen LogP contribution < -0.4 is 4.90 Å². The van der Waals surface area contributed by atoms with Gasteiger partial charge in [0.2, 0.25) is 0 Å². The average molecular weight is 320 g/mol. The summed E-state index contributed by atoms with van der Waals surface area (Å²) < 4.78 is 1.09. The van der Waals surface area contributed by atoms with Gasteiger partial charge in [0, 0.05) is 29.3 Å². The van der Waals surface area contributed by atoms with Gasteiger partial charge in [0.25, 0.3) is 0 Å². The van der Waals surface area contributed by atoms with Crippen LogP contribution in [0.15, 0.2) is 53.0 Å². The van der Waals surface area contributed by atoms with E-state index in [-0.39, 0.29) is 0 Å². The summed E-state index contributed by atoms with van der Waals surface area (Å²) in [7, 11) is 2.04. The Kier molecular flexibility index (Phi) is 4.61. The SMILES string of the molecule is C[C@H](O)c1ccccc1N(C)Cc1cccc(Br)c1. The van der Waals surface area contributed by atoms with Crippen molar-refractivity contribution in [3.05, 3.63) is 64.1 Å². The van der Waals surface area contributed by atoms with Crippen LogP contribution in [0.2, 0.25) is 0 Å². The molecule has 0 spiro atoms. The minimum Gasteiger partial charge on any atom is -0.389 e. The van der Waals surface area contributed by atoms with Crippen molar-refractivity contribution in [1.29, 1.82) is 0 Å². The summed E-state index contributed by atoms with van der Waals surface area (Å²) in [6.07, 6.45) is -0.457. The van der Waals surface area contributed by atoms with Crippen molar-refractivity contribution in [2.24, 2.45) is 0 Å². The highest BCUT2D eigenvalue weighted by Crippen LogP contribution is 2.26. The molecule has 0 aromatic heterocycles. The molecule has 2 aromatic carbocycles. The van der Waals surface area contributed by atoms with Crippen LogP contribution in [-0.4, -0.2) is 12.2 Å². The van der Waals surface area contributed by atoms with Gasteiger partial charge in [0.1, 0.15) is 0 Å². The first-order chi connectivity index (χ1) is 9.08. The second-order valence-electron chi connectivity index (χ2n) is 4.72. The molecule has 100 valence electrons. The van der Waals surface area contributed by atoms with Crippen LogP contribution in [-0.2, 0) is 6.54 Å². The molecule has 0 unspecified atom stereocenters. The maximum Gasteiger partial charge on any atom is 0.0781 e. The molecule has 2 rings (SSSR count). The molecule has 0 heterocycles. The highest BCUT2D eigenvalue weighted by atomic mass is 79.9. The summed E-state index contributed by atoms with van der Waals surface area (Å²) in [5.74, 6) is 0. The van der Waals surface area contributed by atoms with Gasteiger partial charge in [-0.1, -0.05) is 46.3 Å². The lowest BCUT2D eigenvalue weighted by molar-refractivity contribution is 0.199. The second kappa shape index (κ2) is 6.22. The molecule has 0 fully saturated rings. The fraction of sp³-hybridized carbons (Fsp3) is 0.250. The zero-order valence-electron chi connectivity index (χ0n) is 11.2. The Morgan fingerprint density at radius 3 is 2.58 bits per heavy atom. The molecule has 0 saturated heterocycles. The normalized spacial score (nSPS) is 12.2. The van der Waals surface area contributed by atoms with Crippen molar-refractivity contribution in [3.63, 3.8) is 0 Å². The van der Waals surface area contributed by atoms with E-state index in [0.717, 1.165) is 22.3 Å². The van der Waals surface area contributed by atoms with Crippen LogP contribution in [0.4, 0.5) is 5.69 Å². The van der Waals surface area contributed by atoms with Crippen LogP contribution in [0, 0.1) is 0 Å². The number of para-hydroxylation sites is 1. The lowest BCUT2D eigenvalue weighted by Crippen LogP contribution is -2.18. The molecule has 0 amide bonds. The second-order valence-corrected chi connectivity index (χ2v) is 5.64. The van der Waals surface area contributed by atoms with E-state index in [2.05, 4.69) is 33.0 Å². The van der Waals surface area contributed by atoms with E-state index < -0.39 is 6.10 Å². The molecule has 2 nitrogen and oxygen atoms in total. The molecule has 1 atom stereocenters. The Hall–Kier alpha value is -1.32. The first-order valence-corrected chi connectivity index (χ1v) is 7.10. The van der Waals surface area contributed by atoms with Crippen molar-refractivity contribution in [2.75, 3.05) is 11.9 Å². The van der Waals surface area contributed by atoms with Gasteiger partial charge in [-0.15, -0.1) is 0 Å². The number of aliphatic hydroxyl groups is 1. The lowest BCUT2D eigenvalue weighted by atomic mass is 10.1. The quantitative estimate of drug-likeness (QED) is 0.915. The molecule has 0 aliphatic heterocycles. The van der Waals surface area contributed by atoms with E-state index in [9.17, 15) is 5.11 Å². The number of rotatable bonds is 4. The number of anilines is 1. The van der Waals surface area contributed by atoms with E-state index in [0.29, 0.717) is 0 Å². The molecule has 1 N–H and O–H groups in total. The highest BCUT2D eigenvalue weighted by molar-refractivity contribution is 9.10. The third kappa shape index (κ3) is 3.58. The Bertz CT molecular complexity index is 554. The van der Waals surface area contributed by atoms with Gasteiger partial charge in [0.05, 0.1) is 6.10 Å². The first kappa shape index (κ1) is 14.1. The number of benzene rings is 2. The number of aliphatic hydroxyl groups excluding tert-OH is 1. The van der Waals surface area contributed by atoms with Crippen molar-refractivity contribution in [2.45, 2.75) is 19.6 Å². The Labute approximate surface area is 122 Å². The fourth-order valence-electron chi connectivity index (χ4n) is 2.18. The van der Waals surface area contributed by atoms with Crippen molar-refractivity contribution < 1.29 is 5.11 Å². The molecular formula is C16H18BrNO. The van der Waals surface area contributed by atoms with Crippen LogP contribution in [0.1, 0.15) is 24.2 Å². The lowest BCUT2D eigenvalue weighted by Gasteiger charge is -2.23. The maximum atomic E-state index is 9.83. The minimum absolute atomic E-state index is 0.457. The Morgan fingerprint density at radius 1 is 1.16 bits per heavy atom. The van der Waals surface area contributed by atoms with Crippen LogP contribution in [0.5, 0.6) is 0 Å². The summed E-state index contributed by atoms with van der Waals surface area (Å²) in [4.78, 5) is 2.16. The maximum absolute atomic E-state index is 9.83.